The molecule has 0 aliphatic carbocycles. The van der Waals surface area contributed by atoms with Gasteiger partial charge in [-0.2, -0.15) is 0 Å². The summed E-state index contributed by atoms with van der Waals surface area (Å²) in [5.74, 6) is -2.02. The van der Waals surface area contributed by atoms with E-state index in [4.69, 9.17) is 0 Å². The fourth-order valence-corrected chi connectivity index (χ4v) is 1.92. The molecule has 1 unspecified atom stereocenters. The molecule has 0 fully saturated rings. The molecule has 2 rings (SSSR count). The van der Waals surface area contributed by atoms with Crippen LogP contribution in [0, 0.1) is 5.82 Å². The molecular formula is C15H13FO2. The predicted molar refractivity (Wildman–Crippen MR) is 66.9 cm³/mol. The molecule has 1 N–H and O–H groups in total. The normalized spacial score (nSPS) is 12.1. The van der Waals surface area contributed by atoms with Crippen LogP contribution < -0.4 is 0 Å². The van der Waals surface area contributed by atoms with E-state index in [-0.39, 0.29) is 12.2 Å². The van der Waals surface area contributed by atoms with Gasteiger partial charge in [-0.1, -0.05) is 48.5 Å². The van der Waals surface area contributed by atoms with Crippen LogP contribution in [0.1, 0.15) is 17.0 Å². The number of benzene rings is 2. The third-order valence-electron chi connectivity index (χ3n) is 2.88. The zero-order valence-electron chi connectivity index (χ0n) is 9.71. The lowest BCUT2D eigenvalue weighted by atomic mass is 9.92. The van der Waals surface area contributed by atoms with Crippen LogP contribution in [-0.2, 0) is 11.2 Å². The summed E-state index contributed by atoms with van der Waals surface area (Å²) in [7, 11) is 0. The lowest BCUT2D eigenvalue weighted by Crippen LogP contribution is -2.15. The molecule has 0 aliphatic rings. The zero-order chi connectivity index (χ0) is 13.0. The van der Waals surface area contributed by atoms with Gasteiger partial charge in [0.1, 0.15) is 5.82 Å². The number of halogens is 1. The summed E-state index contributed by atoms with van der Waals surface area (Å²) in [6.07, 6.45) is 0.159. The number of hydrogen-bond donors (Lipinski definition) is 1. The average Bonchev–Trinajstić information content (AvgIpc) is 2.38. The highest BCUT2D eigenvalue weighted by Crippen LogP contribution is 2.22. The molecule has 3 heteroatoms. The molecular weight excluding hydrogens is 231 g/mol. The Kier molecular flexibility index (Phi) is 3.72. The summed E-state index contributed by atoms with van der Waals surface area (Å²) < 4.78 is 13.5. The van der Waals surface area contributed by atoms with Gasteiger partial charge in [-0.3, -0.25) is 4.79 Å². The Morgan fingerprint density at radius 2 is 1.67 bits per heavy atom. The Bertz CT molecular complexity index is 537. The van der Waals surface area contributed by atoms with E-state index < -0.39 is 11.9 Å². The molecule has 0 spiro atoms. The van der Waals surface area contributed by atoms with Crippen LogP contribution in [0.15, 0.2) is 54.6 Å². The summed E-state index contributed by atoms with van der Waals surface area (Å²) in [5, 5.41) is 9.26. The molecule has 0 amide bonds. The third-order valence-corrected chi connectivity index (χ3v) is 2.88. The number of rotatable bonds is 4. The van der Waals surface area contributed by atoms with Gasteiger partial charge in [-0.15, -0.1) is 0 Å². The Morgan fingerprint density at radius 1 is 1.06 bits per heavy atom. The molecule has 0 saturated heterocycles. The summed E-state index contributed by atoms with van der Waals surface area (Å²) in [6, 6.07) is 15.2. The van der Waals surface area contributed by atoms with Gasteiger partial charge < -0.3 is 5.11 Å². The Labute approximate surface area is 105 Å². The first kappa shape index (κ1) is 12.3. The number of carbonyl (C=O) groups is 1. The number of carboxylic acid groups (broad SMARTS) is 1. The van der Waals surface area contributed by atoms with E-state index in [2.05, 4.69) is 0 Å². The minimum atomic E-state index is -0.940. The second kappa shape index (κ2) is 5.45. The highest BCUT2D eigenvalue weighted by molar-refractivity contribution is 5.76. The van der Waals surface area contributed by atoms with Crippen LogP contribution in [0.3, 0.4) is 0 Å². The summed E-state index contributed by atoms with van der Waals surface area (Å²) >= 11 is 0. The third kappa shape index (κ3) is 2.74. The van der Waals surface area contributed by atoms with Crippen molar-refractivity contribution < 1.29 is 14.3 Å². The molecule has 2 aromatic rings. The van der Waals surface area contributed by atoms with Gasteiger partial charge in [0.2, 0.25) is 0 Å². The lowest BCUT2D eigenvalue weighted by molar-refractivity contribution is -0.138. The van der Waals surface area contributed by atoms with Crippen molar-refractivity contribution >= 4 is 5.97 Å². The van der Waals surface area contributed by atoms with Crippen molar-refractivity contribution in [3.05, 3.63) is 71.5 Å². The van der Waals surface area contributed by atoms with E-state index in [1.54, 1.807) is 42.5 Å². The van der Waals surface area contributed by atoms with Gasteiger partial charge >= 0.3 is 5.97 Å². The number of aliphatic carboxylic acids is 1. The van der Waals surface area contributed by atoms with E-state index in [1.165, 1.54) is 6.07 Å². The predicted octanol–water partition coefficient (Wildman–Crippen LogP) is 3.24. The van der Waals surface area contributed by atoms with E-state index in [1.807, 2.05) is 6.07 Å². The van der Waals surface area contributed by atoms with Crippen LogP contribution in [0.25, 0.3) is 0 Å². The van der Waals surface area contributed by atoms with Gasteiger partial charge in [0.05, 0.1) is 5.92 Å². The maximum atomic E-state index is 13.5. The van der Waals surface area contributed by atoms with Crippen LogP contribution in [0.2, 0.25) is 0 Å². The van der Waals surface area contributed by atoms with E-state index in [0.29, 0.717) is 11.1 Å². The molecule has 2 aromatic carbocycles. The van der Waals surface area contributed by atoms with Crippen LogP contribution in [-0.4, -0.2) is 11.1 Å². The van der Waals surface area contributed by atoms with Gasteiger partial charge in [0, 0.05) is 0 Å². The van der Waals surface area contributed by atoms with E-state index >= 15 is 0 Å². The van der Waals surface area contributed by atoms with Crippen molar-refractivity contribution in [2.75, 3.05) is 0 Å². The van der Waals surface area contributed by atoms with Crippen molar-refractivity contribution in [1.82, 2.24) is 0 Å². The molecule has 92 valence electrons. The molecule has 1 atom stereocenters. The quantitative estimate of drug-likeness (QED) is 0.896. The minimum Gasteiger partial charge on any atom is -0.481 e. The first-order valence-corrected chi connectivity index (χ1v) is 5.69. The highest BCUT2D eigenvalue weighted by Gasteiger charge is 2.21. The summed E-state index contributed by atoms with van der Waals surface area (Å²) in [6.45, 7) is 0. The van der Waals surface area contributed by atoms with Gasteiger partial charge in [-0.25, -0.2) is 4.39 Å². The molecule has 2 nitrogen and oxygen atoms in total. The molecule has 0 saturated carbocycles. The highest BCUT2D eigenvalue weighted by atomic mass is 19.1. The zero-order valence-corrected chi connectivity index (χ0v) is 9.71. The second-order valence-corrected chi connectivity index (χ2v) is 4.10. The topological polar surface area (TPSA) is 37.3 Å². The second-order valence-electron chi connectivity index (χ2n) is 4.10. The Morgan fingerprint density at radius 3 is 2.28 bits per heavy atom. The molecule has 0 bridgehead atoms. The smallest absolute Gasteiger partial charge is 0.311 e. The molecule has 0 aliphatic heterocycles. The first-order chi connectivity index (χ1) is 8.68. The van der Waals surface area contributed by atoms with E-state index in [0.717, 1.165) is 0 Å². The molecule has 0 radical (unpaired) electrons. The van der Waals surface area contributed by atoms with Gasteiger partial charge in [-0.05, 0) is 23.6 Å². The molecule has 0 heterocycles. The molecule has 18 heavy (non-hydrogen) atoms. The van der Waals surface area contributed by atoms with E-state index in [9.17, 15) is 14.3 Å². The van der Waals surface area contributed by atoms with Crippen molar-refractivity contribution in [2.24, 2.45) is 0 Å². The minimum absolute atomic E-state index is 0.159. The van der Waals surface area contributed by atoms with Crippen LogP contribution in [0.4, 0.5) is 4.39 Å². The molecule has 0 aromatic heterocycles. The summed E-state index contributed by atoms with van der Waals surface area (Å²) in [4.78, 5) is 11.3. The van der Waals surface area contributed by atoms with Crippen molar-refractivity contribution in [1.29, 1.82) is 0 Å². The fraction of sp³-hybridized carbons (Fsp3) is 0.133. The standard InChI is InChI=1S/C15H13FO2/c16-14-9-5-4-8-12(14)10-13(15(17)18)11-6-2-1-3-7-11/h1-9,13H,10H2,(H,17,18). The largest absolute Gasteiger partial charge is 0.481 e. The van der Waals surface area contributed by atoms with Crippen LogP contribution in [0.5, 0.6) is 0 Å². The fourth-order valence-electron chi connectivity index (χ4n) is 1.92. The Hall–Kier alpha value is -2.16. The summed E-state index contributed by atoms with van der Waals surface area (Å²) in [5.41, 5.74) is 1.11. The van der Waals surface area contributed by atoms with Crippen molar-refractivity contribution in [2.45, 2.75) is 12.3 Å². The maximum Gasteiger partial charge on any atom is 0.311 e. The number of carboxylic acids is 1. The van der Waals surface area contributed by atoms with Gasteiger partial charge in [0.15, 0.2) is 0 Å². The van der Waals surface area contributed by atoms with Crippen LogP contribution >= 0.6 is 0 Å². The maximum absolute atomic E-state index is 13.5. The SMILES string of the molecule is O=C(O)C(Cc1ccccc1F)c1ccccc1. The first-order valence-electron chi connectivity index (χ1n) is 5.69. The Balaban J connectivity index is 2.28. The average molecular weight is 244 g/mol. The van der Waals surface area contributed by atoms with Crippen molar-refractivity contribution in [3.8, 4) is 0 Å². The van der Waals surface area contributed by atoms with Gasteiger partial charge in [0.25, 0.3) is 0 Å². The lowest BCUT2D eigenvalue weighted by Gasteiger charge is -2.13. The monoisotopic (exact) mass is 244 g/mol. The van der Waals surface area contributed by atoms with Crippen molar-refractivity contribution in [3.63, 3.8) is 0 Å². The number of hydrogen-bond acceptors (Lipinski definition) is 1.